The maximum Gasteiger partial charge on any atom is 0.261 e. The summed E-state index contributed by atoms with van der Waals surface area (Å²) in [6.07, 6.45) is 0. The second-order valence-corrected chi connectivity index (χ2v) is 4.94. The van der Waals surface area contributed by atoms with Crippen molar-refractivity contribution >= 4 is 11.8 Å². The Morgan fingerprint density at radius 2 is 1.53 bits per heavy atom. The summed E-state index contributed by atoms with van der Waals surface area (Å²) in [6, 6.07) is 1.13. The highest BCUT2D eigenvalue weighted by atomic mass is 19.2. The molecule has 0 saturated heterocycles. The maximum absolute atomic E-state index is 13.1. The van der Waals surface area contributed by atoms with Gasteiger partial charge in [-0.1, -0.05) is 13.8 Å². The monoisotopic (exact) mass is 268 g/mol. The van der Waals surface area contributed by atoms with Crippen LogP contribution in [0.25, 0.3) is 0 Å². The van der Waals surface area contributed by atoms with Crippen LogP contribution in [0.2, 0.25) is 0 Å². The van der Waals surface area contributed by atoms with Crippen LogP contribution >= 0.6 is 0 Å². The Balaban J connectivity index is 2.34. The SMILES string of the molecule is CC(C)C(N)CN1C(=O)c2cc(F)c(F)cc2C1=O. The number of hydrogen-bond acceptors (Lipinski definition) is 3. The maximum atomic E-state index is 13.1. The van der Waals surface area contributed by atoms with Crippen LogP contribution in [0.4, 0.5) is 8.78 Å². The molecule has 1 aromatic carbocycles. The first-order valence-electron chi connectivity index (χ1n) is 5.93. The number of hydrogen-bond donors (Lipinski definition) is 1. The molecule has 1 aliphatic heterocycles. The standard InChI is InChI=1S/C13H14F2N2O2/c1-6(2)11(16)5-17-12(18)7-3-9(14)10(15)4-8(7)13(17)19/h3-4,6,11H,5,16H2,1-2H3. The fraction of sp³-hybridized carbons (Fsp3) is 0.385. The molecule has 0 aromatic heterocycles. The van der Waals surface area contributed by atoms with Crippen LogP contribution in [-0.4, -0.2) is 29.3 Å². The minimum atomic E-state index is -1.14. The third-order valence-corrected chi connectivity index (χ3v) is 3.26. The van der Waals surface area contributed by atoms with Crippen LogP contribution in [-0.2, 0) is 0 Å². The summed E-state index contributed by atoms with van der Waals surface area (Å²) in [5, 5.41) is 0. The number of halogens is 2. The molecule has 0 saturated carbocycles. The first-order chi connectivity index (χ1) is 8.82. The van der Waals surface area contributed by atoms with E-state index in [-0.39, 0.29) is 29.6 Å². The lowest BCUT2D eigenvalue weighted by molar-refractivity contribution is 0.0637. The van der Waals surface area contributed by atoms with E-state index in [9.17, 15) is 18.4 Å². The van der Waals surface area contributed by atoms with Gasteiger partial charge >= 0.3 is 0 Å². The van der Waals surface area contributed by atoms with Gasteiger partial charge in [0.05, 0.1) is 11.1 Å². The van der Waals surface area contributed by atoms with Gasteiger partial charge < -0.3 is 5.73 Å². The summed E-state index contributed by atoms with van der Waals surface area (Å²) in [4.78, 5) is 24.9. The molecule has 2 N–H and O–H groups in total. The van der Waals surface area contributed by atoms with E-state index in [1.54, 1.807) is 0 Å². The van der Waals surface area contributed by atoms with Crippen LogP contribution < -0.4 is 5.73 Å². The zero-order chi connectivity index (χ0) is 14.3. The summed E-state index contributed by atoms with van der Waals surface area (Å²) < 4.78 is 26.2. The Hall–Kier alpha value is -1.82. The van der Waals surface area contributed by atoms with E-state index in [4.69, 9.17) is 5.73 Å². The van der Waals surface area contributed by atoms with Crippen molar-refractivity contribution in [3.05, 3.63) is 34.9 Å². The number of nitrogens with zero attached hydrogens (tertiary/aromatic N) is 1. The van der Waals surface area contributed by atoms with Crippen molar-refractivity contribution in [2.75, 3.05) is 6.54 Å². The van der Waals surface area contributed by atoms with Gasteiger partial charge in [0.1, 0.15) is 0 Å². The number of imide groups is 1. The van der Waals surface area contributed by atoms with Crippen LogP contribution in [0, 0.1) is 17.6 Å². The van der Waals surface area contributed by atoms with Crippen molar-refractivity contribution in [1.29, 1.82) is 0 Å². The summed E-state index contributed by atoms with van der Waals surface area (Å²) in [5.41, 5.74) is 5.60. The van der Waals surface area contributed by atoms with E-state index in [1.807, 2.05) is 13.8 Å². The summed E-state index contributed by atoms with van der Waals surface area (Å²) in [5.74, 6) is -3.47. The van der Waals surface area contributed by atoms with Crippen molar-refractivity contribution in [3.8, 4) is 0 Å². The molecular formula is C13H14F2N2O2. The molecule has 0 aliphatic carbocycles. The molecule has 2 amide bonds. The molecule has 0 radical (unpaired) electrons. The second-order valence-electron chi connectivity index (χ2n) is 4.94. The van der Waals surface area contributed by atoms with E-state index in [0.717, 1.165) is 17.0 Å². The Bertz CT molecular complexity index is 517. The Labute approximate surface area is 109 Å². The van der Waals surface area contributed by atoms with Crippen LogP contribution in [0.5, 0.6) is 0 Å². The summed E-state index contributed by atoms with van der Waals surface area (Å²) in [7, 11) is 0. The van der Waals surface area contributed by atoms with Gasteiger partial charge in [0.15, 0.2) is 11.6 Å². The summed E-state index contributed by atoms with van der Waals surface area (Å²) >= 11 is 0. The second kappa shape index (κ2) is 4.70. The van der Waals surface area contributed by atoms with E-state index >= 15 is 0 Å². The number of amides is 2. The third-order valence-electron chi connectivity index (χ3n) is 3.26. The Kier molecular flexibility index (Phi) is 3.36. The molecule has 0 fully saturated rings. The highest BCUT2D eigenvalue weighted by Gasteiger charge is 2.37. The fourth-order valence-electron chi connectivity index (χ4n) is 1.87. The fourth-order valence-corrected chi connectivity index (χ4v) is 1.87. The number of benzene rings is 1. The average Bonchev–Trinajstić information content (AvgIpc) is 2.55. The lowest BCUT2D eigenvalue weighted by Gasteiger charge is -2.21. The number of carbonyl (C=O) groups excluding carboxylic acids is 2. The zero-order valence-electron chi connectivity index (χ0n) is 10.6. The molecule has 0 bridgehead atoms. The van der Waals surface area contributed by atoms with Crippen LogP contribution in [0.3, 0.4) is 0 Å². The number of rotatable bonds is 3. The number of carbonyl (C=O) groups is 2. The predicted molar refractivity (Wildman–Crippen MR) is 64.5 cm³/mol. The van der Waals surface area contributed by atoms with Gasteiger partial charge in [-0.15, -0.1) is 0 Å². The van der Waals surface area contributed by atoms with E-state index in [2.05, 4.69) is 0 Å². The highest BCUT2D eigenvalue weighted by molar-refractivity contribution is 6.21. The average molecular weight is 268 g/mol. The lowest BCUT2D eigenvalue weighted by Crippen LogP contribution is -2.43. The normalized spacial score (nSPS) is 16.2. The van der Waals surface area contributed by atoms with Crippen LogP contribution in [0.1, 0.15) is 34.6 Å². The van der Waals surface area contributed by atoms with Crippen molar-refractivity contribution < 1.29 is 18.4 Å². The zero-order valence-corrected chi connectivity index (χ0v) is 10.6. The smallest absolute Gasteiger partial charge is 0.261 e. The molecular weight excluding hydrogens is 254 g/mol. The molecule has 1 atom stereocenters. The molecule has 6 heteroatoms. The van der Waals surface area contributed by atoms with Crippen molar-refractivity contribution in [2.24, 2.45) is 11.7 Å². The van der Waals surface area contributed by atoms with E-state index < -0.39 is 23.4 Å². The quantitative estimate of drug-likeness (QED) is 0.846. The number of nitrogens with two attached hydrogens (primary N) is 1. The van der Waals surface area contributed by atoms with Gasteiger partial charge in [0.25, 0.3) is 11.8 Å². The molecule has 102 valence electrons. The van der Waals surface area contributed by atoms with Crippen molar-refractivity contribution in [1.82, 2.24) is 4.90 Å². The predicted octanol–water partition coefficient (Wildman–Crippen LogP) is 1.54. The van der Waals surface area contributed by atoms with Gasteiger partial charge in [-0.3, -0.25) is 14.5 Å². The first-order valence-corrected chi connectivity index (χ1v) is 5.93. The Morgan fingerprint density at radius 1 is 1.11 bits per heavy atom. The van der Waals surface area contributed by atoms with Crippen LogP contribution in [0.15, 0.2) is 12.1 Å². The minimum absolute atomic E-state index is 0.0350. The van der Waals surface area contributed by atoms with Gasteiger partial charge in [0.2, 0.25) is 0 Å². The van der Waals surface area contributed by atoms with Crippen molar-refractivity contribution in [3.63, 3.8) is 0 Å². The van der Waals surface area contributed by atoms with Crippen molar-refractivity contribution in [2.45, 2.75) is 19.9 Å². The molecule has 1 aliphatic rings. The molecule has 0 spiro atoms. The highest BCUT2D eigenvalue weighted by Crippen LogP contribution is 2.25. The third kappa shape index (κ3) is 2.23. The van der Waals surface area contributed by atoms with Gasteiger partial charge in [-0.2, -0.15) is 0 Å². The lowest BCUT2D eigenvalue weighted by atomic mass is 10.1. The largest absolute Gasteiger partial charge is 0.326 e. The first kappa shape index (κ1) is 13.6. The topological polar surface area (TPSA) is 63.4 Å². The van der Waals surface area contributed by atoms with Gasteiger partial charge in [0, 0.05) is 12.6 Å². The molecule has 1 aromatic rings. The van der Waals surface area contributed by atoms with E-state index in [1.165, 1.54) is 0 Å². The molecule has 1 heterocycles. The van der Waals surface area contributed by atoms with E-state index in [0.29, 0.717) is 0 Å². The van der Waals surface area contributed by atoms with Gasteiger partial charge in [-0.05, 0) is 18.1 Å². The molecule has 2 rings (SSSR count). The number of fused-ring (bicyclic) bond motifs is 1. The molecule has 1 unspecified atom stereocenters. The molecule has 19 heavy (non-hydrogen) atoms. The summed E-state index contributed by atoms with van der Waals surface area (Å²) in [6.45, 7) is 3.76. The molecule has 4 nitrogen and oxygen atoms in total. The minimum Gasteiger partial charge on any atom is -0.326 e. The van der Waals surface area contributed by atoms with Gasteiger partial charge in [-0.25, -0.2) is 8.78 Å². The Morgan fingerprint density at radius 3 is 1.89 bits per heavy atom.